The molecule has 0 aliphatic rings. The molecule has 0 aromatic carbocycles. The number of hydrogen-bond acceptors (Lipinski definition) is 0. The molecule has 3 nitrogen and oxygen atoms in total. The Morgan fingerprint density at radius 1 is 0.429 bits per heavy atom. The van der Waals surface area contributed by atoms with E-state index in [1.807, 2.05) is 0 Å². The minimum absolute atomic E-state index is 0. The molecule has 0 amide bonds. The Labute approximate surface area is 176 Å². The first kappa shape index (κ1) is 55.5. The van der Waals surface area contributed by atoms with Crippen molar-refractivity contribution in [2.45, 2.75) is 0 Å². The summed E-state index contributed by atoms with van der Waals surface area (Å²) in [6.45, 7) is 0. The average molecular weight is 610 g/mol. The van der Waals surface area contributed by atoms with Gasteiger partial charge in [0.2, 0.25) is 0 Å². The van der Waals surface area contributed by atoms with Crippen molar-refractivity contribution in [2.75, 3.05) is 0 Å². The zero-order valence-corrected chi connectivity index (χ0v) is 17.1. The summed E-state index contributed by atoms with van der Waals surface area (Å²) < 4.78 is 0. The predicted molar refractivity (Wildman–Crippen MR) is 2.06 cm³/mol. The quantitative estimate of drug-likeness (QED) is 0.360. The van der Waals surface area contributed by atoms with Crippen molar-refractivity contribution in [3.05, 3.63) is 0 Å². The van der Waals surface area contributed by atoms with Crippen molar-refractivity contribution in [3.8, 4) is 0 Å². The third kappa shape index (κ3) is 34.6. The molecule has 0 fully saturated rings. The molecule has 0 aliphatic heterocycles. The molecule has 0 bridgehead atoms. The van der Waals surface area contributed by atoms with Gasteiger partial charge < -0.3 is 16.4 Å². The SMILES string of the molecule is [Ce].[Ce].[O-2].[O-2].[O-2].[Pr+3].[Pr+3]. The third-order valence-corrected chi connectivity index (χ3v) is 0. The van der Waals surface area contributed by atoms with Crippen molar-refractivity contribution in [2.24, 2.45) is 0 Å². The summed E-state index contributed by atoms with van der Waals surface area (Å²) in [5, 5.41) is 0. The van der Waals surface area contributed by atoms with Crippen LogP contribution in [0.25, 0.3) is 0 Å². The Kier molecular flexibility index (Phi) is 337. The van der Waals surface area contributed by atoms with E-state index in [2.05, 4.69) is 0 Å². The minimum atomic E-state index is 0. The second-order valence-electron chi connectivity index (χ2n) is 0. The Hall–Kier alpha value is 5.36. The van der Waals surface area contributed by atoms with Gasteiger partial charge in [0.15, 0.2) is 0 Å². The van der Waals surface area contributed by atoms with Gasteiger partial charge in [-0.1, -0.05) is 0 Å². The van der Waals surface area contributed by atoms with Crippen LogP contribution in [0.3, 0.4) is 0 Å². The van der Waals surface area contributed by atoms with Crippen LogP contribution in [0.15, 0.2) is 0 Å². The van der Waals surface area contributed by atoms with E-state index in [1.165, 1.54) is 0 Å². The second kappa shape index (κ2) is 42.4. The molecule has 32 valence electrons. The number of hydrogen-bond donors (Lipinski definition) is 0. The molecule has 0 aromatic heterocycles. The largest absolute Gasteiger partial charge is 3.00 e. The first-order valence-corrected chi connectivity index (χ1v) is 0. The Morgan fingerprint density at radius 2 is 0.429 bits per heavy atom. The maximum Gasteiger partial charge on any atom is 3.00 e. The number of rotatable bonds is 0. The summed E-state index contributed by atoms with van der Waals surface area (Å²) in [7, 11) is 0. The van der Waals surface area contributed by atoms with Crippen LogP contribution < -0.4 is 0 Å². The van der Waals surface area contributed by atoms with Crippen LogP contribution in [0.5, 0.6) is 0 Å². The maximum atomic E-state index is 0. The van der Waals surface area contributed by atoms with Crippen LogP contribution in [0, 0.1) is 166 Å². The minimum Gasteiger partial charge on any atom is -2.00 e. The fraction of sp³-hybridized carbons (Fsp3) is 0. The van der Waals surface area contributed by atoms with Crippen molar-refractivity contribution in [1.82, 2.24) is 0 Å². The summed E-state index contributed by atoms with van der Waals surface area (Å²) >= 11 is 0. The van der Waals surface area contributed by atoms with Gasteiger partial charge in [-0.2, -0.15) is 0 Å². The van der Waals surface area contributed by atoms with Gasteiger partial charge in [0.05, 0.1) is 0 Å². The van der Waals surface area contributed by atoms with Crippen LogP contribution in [-0.4, -0.2) is 0 Å². The normalized spacial score (nSPS) is 0. The Morgan fingerprint density at radius 3 is 0.429 bits per heavy atom. The molecule has 0 spiro atoms. The molecule has 0 saturated heterocycles. The molecule has 0 saturated carbocycles. The summed E-state index contributed by atoms with van der Waals surface area (Å²) in [4.78, 5) is 0. The van der Waals surface area contributed by atoms with Gasteiger partial charge in [-0.25, -0.2) is 0 Å². The van der Waals surface area contributed by atoms with E-state index in [4.69, 9.17) is 0 Å². The molecule has 0 aromatic rings. The molecule has 0 radical (unpaired) electrons. The molecular formula is Ce2O3Pr2. The fourth-order valence-electron chi connectivity index (χ4n) is 0. The first-order chi connectivity index (χ1) is 0. The van der Waals surface area contributed by atoms with E-state index in [1.54, 1.807) is 0 Å². The van der Waals surface area contributed by atoms with Gasteiger partial charge in [-0.05, 0) is 0 Å². The summed E-state index contributed by atoms with van der Waals surface area (Å²) in [6.07, 6.45) is 0. The Bertz CT molecular complexity index is 10.9. The molecular weight excluding hydrogens is 610 g/mol. The van der Waals surface area contributed by atoms with E-state index < -0.39 is 0 Å². The van der Waals surface area contributed by atoms with Gasteiger partial charge in [0, 0.05) is 83.5 Å². The van der Waals surface area contributed by atoms with Gasteiger partial charge in [-0.3, -0.25) is 0 Å². The molecule has 0 aliphatic carbocycles. The average Bonchev–Trinajstić information content (AvgIpc) is 0. The summed E-state index contributed by atoms with van der Waals surface area (Å²) in [5.74, 6) is 0. The molecule has 0 rings (SSSR count). The van der Waals surface area contributed by atoms with E-state index in [0.717, 1.165) is 0 Å². The van der Waals surface area contributed by atoms with Crippen molar-refractivity contribution >= 4 is 0 Å². The molecule has 0 atom stereocenters. The molecule has 7 heavy (non-hydrogen) atoms. The molecule has 7 heteroatoms. The van der Waals surface area contributed by atoms with E-state index in [9.17, 15) is 0 Å². The van der Waals surface area contributed by atoms with Crippen LogP contribution in [0.4, 0.5) is 0 Å². The standard InChI is InChI=1S/2Ce.3O.2Pr/q;;3*-2;2*+3. The van der Waals surface area contributed by atoms with Gasteiger partial charge >= 0.3 is 82.6 Å². The van der Waals surface area contributed by atoms with Gasteiger partial charge in [-0.15, -0.1) is 0 Å². The zero-order valence-electron chi connectivity index (χ0n) is 3.38. The molecule has 0 N–H and O–H groups in total. The zero-order chi connectivity index (χ0) is 0. The van der Waals surface area contributed by atoms with Crippen LogP contribution in [0.2, 0.25) is 0 Å². The van der Waals surface area contributed by atoms with Crippen LogP contribution in [0.1, 0.15) is 0 Å². The second-order valence-corrected chi connectivity index (χ2v) is 0. The van der Waals surface area contributed by atoms with Crippen LogP contribution >= 0.6 is 0 Å². The van der Waals surface area contributed by atoms with E-state index in [0.29, 0.717) is 0 Å². The first-order valence-electron chi connectivity index (χ1n) is 0. The van der Waals surface area contributed by atoms with Crippen molar-refractivity contribution < 1.29 is 183 Å². The topological polar surface area (TPSA) is 85.5 Å². The fourth-order valence-corrected chi connectivity index (χ4v) is 0. The van der Waals surface area contributed by atoms with Crippen molar-refractivity contribution in [1.29, 1.82) is 0 Å². The monoisotopic (exact) mass is 610 g/mol. The van der Waals surface area contributed by atoms with Crippen LogP contribution in [-0.2, 0) is 16.4 Å². The molecule has 0 unspecified atom stereocenters. The van der Waals surface area contributed by atoms with Gasteiger partial charge in [0.25, 0.3) is 0 Å². The predicted octanol–water partition coefficient (Wildman–Crippen LogP) is -0.356. The maximum absolute atomic E-state index is 0. The van der Waals surface area contributed by atoms with Crippen molar-refractivity contribution in [3.63, 3.8) is 0 Å². The smallest absolute Gasteiger partial charge is 2.00 e. The van der Waals surface area contributed by atoms with E-state index >= 15 is 0 Å². The van der Waals surface area contributed by atoms with Gasteiger partial charge in [0.1, 0.15) is 0 Å². The Balaban J connectivity index is 0. The summed E-state index contributed by atoms with van der Waals surface area (Å²) in [5.41, 5.74) is 0. The summed E-state index contributed by atoms with van der Waals surface area (Å²) in [6, 6.07) is 0. The third-order valence-electron chi connectivity index (χ3n) is 0. The van der Waals surface area contributed by atoms with E-state index in [-0.39, 0.29) is 183 Å². The molecule has 0 heterocycles.